The molecule has 0 aromatic heterocycles. The third kappa shape index (κ3) is 5.56. The number of likely N-dealkylation sites (tertiary alicyclic amines) is 1. The summed E-state index contributed by atoms with van der Waals surface area (Å²) in [4.78, 5) is 25.4. The van der Waals surface area contributed by atoms with Crippen molar-refractivity contribution in [3.63, 3.8) is 0 Å². The highest BCUT2D eigenvalue weighted by Gasteiger charge is 2.25. The molecule has 1 fully saturated rings. The minimum Gasteiger partial charge on any atom is -0.445 e. The molecule has 1 aliphatic heterocycles. The molecule has 0 aliphatic carbocycles. The van der Waals surface area contributed by atoms with Gasteiger partial charge in [-0.15, -0.1) is 0 Å². The van der Waals surface area contributed by atoms with Crippen molar-refractivity contribution in [2.75, 3.05) is 19.6 Å². The molecule has 2 amide bonds. The zero-order chi connectivity index (χ0) is 16.7. The third-order valence-corrected chi connectivity index (χ3v) is 3.96. The van der Waals surface area contributed by atoms with Gasteiger partial charge in [-0.05, 0) is 31.2 Å². The third-order valence-electron chi connectivity index (χ3n) is 3.96. The van der Waals surface area contributed by atoms with E-state index >= 15 is 0 Å². The highest BCUT2D eigenvalue weighted by molar-refractivity contribution is 5.80. The first-order valence-electron chi connectivity index (χ1n) is 8.05. The molecule has 3 N–H and O–H groups in total. The van der Waals surface area contributed by atoms with E-state index in [1.165, 1.54) is 0 Å². The summed E-state index contributed by atoms with van der Waals surface area (Å²) in [5.41, 5.74) is 6.50. The van der Waals surface area contributed by atoms with Gasteiger partial charge in [-0.25, -0.2) is 4.79 Å². The minimum absolute atomic E-state index is 0.159. The summed E-state index contributed by atoms with van der Waals surface area (Å²) in [6.07, 6.45) is 1.61. The maximum atomic E-state index is 12.2. The van der Waals surface area contributed by atoms with Gasteiger partial charge in [0.1, 0.15) is 6.61 Å². The summed E-state index contributed by atoms with van der Waals surface area (Å²) >= 11 is 0. The van der Waals surface area contributed by atoms with Gasteiger partial charge >= 0.3 is 6.09 Å². The van der Waals surface area contributed by atoms with Crippen molar-refractivity contribution >= 4 is 12.0 Å². The molecular formula is C17H25N3O3. The van der Waals surface area contributed by atoms with E-state index < -0.39 is 6.04 Å². The van der Waals surface area contributed by atoms with Crippen LogP contribution in [0.1, 0.15) is 25.3 Å². The van der Waals surface area contributed by atoms with E-state index in [-0.39, 0.29) is 24.5 Å². The lowest BCUT2D eigenvalue weighted by atomic mass is 9.98. The van der Waals surface area contributed by atoms with Crippen molar-refractivity contribution in [1.29, 1.82) is 0 Å². The van der Waals surface area contributed by atoms with E-state index in [1.54, 1.807) is 11.8 Å². The molecule has 1 aromatic rings. The summed E-state index contributed by atoms with van der Waals surface area (Å²) < 4.78 is 5.36. The van der Waals surface area contributed by atoms with Crippen molar-refractivity contribution in [2.24, 2.45) is 11.7 Å². The van der Waals surface area contributed by atoms with Gasteiger partial charge in [0.05, 0.1) is 6.04 Å². The number of carbonyl (C=O) groups is 2. The Hall–Kier alpha value is -2.08. The Bertz CT molecular complexity index is 519. The smallest absolute Gasteiger partial charge is 0.410 e. The van der Waals surface area contributed by atoms with Gasteiger partial charge in [0.2, 0.25) is 5.91 Å². The van der Waals surface area contributed by atoms with Crippen LogP contribution in [0.2, 0.25) is 0 Å². The molecule has 1 saturated heterocycles. The first-order chi connectivity index (χ1) is 11.1. The Morgan fingerprint density at radius 2 is 2.13 bits per heavy atom. The molecule has 0 saturated carbocycles. The largest absolute Gasteiger partial charge is 0.445 e. The van der Waals surface area contributed by atoms with E-state index in [0.717, 1.165) is 18.4 Å². The van der Waals surface area contributed by atoms with Gasteiger partial charge in [-0.3, -0.25) is 4.79 Å². The van der Waals surface area contributed by atoms with Gasteiger partial charge in [-0.2, -0.15) is 0 Å². The van der Waals surface area contributed by atoms with Crippen molar-refractivity contribution in [3.05, 3.63) is 35.9 Å². The summed E-state index contributed by atoms with van der Waals surface area (Å²) in [5, 5.41) is 2.83. The van der Waals surface area contributed by atoms with Gasteiger partial charge in [-0.1, -0.05) is 30.3 Å². The fraction of sp³-hybridized carbons (Fsp3) is 0.529. The lowest BCUT2D eigenvalue weighted by Gasteiger charge is -2.32. The monoisotopic (exact) mass is 319 g/mol. The van der Waals surface area contributed by atoms with Gasteiger partial charge in [0.25, 0.3) is 0 Å². The quantitative estimate of drug-likeness (QED) is 0.861. The van der Waals surface area contributed by atoms with Crippen molar-refractivity contribution in [1.82, 2.24) is 10.2 Å². The predicted molar refractivity (Wildman–Crippen MR) is 87.6 cm³/mol. The topological polar surface area (TPSA) is 84.7 Å². The fourth-order valence-electron chi connectivity index (χ4n) is 2.61. The molecular weight excluding hydrogens is 294 g/mol. The van der Waals surface area contributed by atoms with Crippen LogP contribution in [0.15, 0.2) is 30.3 Å². The highest BCUT2D eigenvalue weighted by Crippen LogP contribution is 2.17. The zero-order valence-corrected chi connectivity index (χ0v) is 13.5. The second-order valence-corrected chi connectivity index (χ2v) is 6.03. The molecule has 6 nitrogen and oxygen atoms in total. The van der Waals surface area contributed by atoms with Crippen LogP contribution < -0.4 is 11.1 Å². The number of piperidine rings is 1. The van der Waals surface area contributed by atoms with E-state index in [1.807, 2.05) is 30.3 Å². The Morgan fingerprint density at radius 3 is 2.83 bits per heavy atom. The number of carbonyl (C=O) groups excluding carboxylic acids is 2. The molecule has 0 bridgehead atoms. The molecule has 2 rings (SSSR count). The number of ether oxygens (including phenoxy) is 1. The normalized spacial score (nSPS) is 19.0. The molecule has 126 valence electrons. The molecule has 1 aromatic carbocycles. The maximum Gasteiger partial charge on any atom is 0.410 e. The van der Waals surface area contributed by atoms with Crippen LogP contribution >= 0.6 is 0 Å². The summed E-state index contributed by atoms with van der Waals surface area (Å²) in [7, 11) is 0. The molecule has 0 spiro atoms. The number of hydrogen-bond acceptors (Lipinski definition) is 4. The van der Waals surface area contributed by atoms with Crippen LogP contribution in [0.25, 0.3) is 0 Å². The summed E-state index contributed by atoms with van der Waals surface area (Å²) in [6.45, 7) is 3.78. The second kappa shape index (κ2) is 8.53. The molecule has 1 heterocycles. The number of nitrogens with two attached hydrogens (primary N) is 1. The van der Waals surface area contributed by atoms with E-state index in [0.29, 0.717) is 19.6 Å². The molecule has 6 heteroatoms. The number of benzene rings is 1. The van der Waals surface area contributed by atoms with Crippen LogP contribution in [0.5, 0.6) is 0 Å². The van der Waals surface area contributed by atoms with E-state index in [4.69, 9.17) is 10.5 Å². The van der Waals surface area contributed by atoms with Gasteiger partial charge in [0, 0.05) is 19.6 Å². The van der Waals surface area contributed by atoms with E-state index in [2.05, 4.69) is 5.32 Å². The number of rotatable bonds is 5. The number of hydrogen-bond donors (Lipinski definition) is 2. The maximum absolute atomic E-state index is 12.2. The van der Waals surface area contributed by atoms with Crippen LogP contribution in [0.3, 0.4) is 0 Å². The second-order valence-electron chi connectivity index (χ2n) is 6.03. The molecule has 0 unspecified atom stereocenters. The lowest BCUT2D eigenvalue weighted by molar-refractivity contribution is -0.122. The minimum atomic E-state index is -0.509. The summed E-state index contributed by atoms with van der Waals surface area (Å²) in [6, 6.07) is 9.11. The summed E-state index contributed by atoms with van der Waals surface area (Å²) in [5.74, 6) is 0.0875. The zero-order valence-electron chi connectivity index (χ0n) is 13.5. The van der Waals surface area contributed by atoms with Crippen molar-refractivity contribution < 1.29 is 14.3 Å². The van der Waals surface area contributed by atoms with Crippen LogP contribution in [0, 0.1) is 5.92 Å². The Morgan fingerprint density at radius 1 is 1.39 bits per heavy atom. The Labute approximate surface area is 137 Å². The molecule has 0 radical (unpaired) electrons. The Balaban J connectivity index is 1.76. The number of nitrogens with one attached hydrogen (secondary N) is 1. The molecule has 23 heavy (non-hydrogen) atoms. The van der Waals surface area contributed by atoms with Crippen LogP contribution in [-0.4, -0.2) is 42.6 Å². The van der Waals surface area contributed by atoms with Crippen molar-refractivity contribution in [2.45, 2.75) is 32.4 Å². The first kappa shape index (κ1) is 17.3. The number of nitrogens with zero attached hydrogens (tertiary/aromatic N) is 1. The molecule has 1 aliphatic rings. The van der Waals surface area contributed by atoms with Crippen LogP contribution in [0.4, 0.5) is 4.79 Å². The Kier molecular flexibility index (Phi) is 6.40. The van der Waals surface area contributed by atoms with Crippen molar-refractivity contribution in [3.8, 4) is 0 Å². The average molecular weight is 319 g/mol. The van der Waals surface area contributed by atoms with Gasteiger partial charge in [0.15, 0.2) is 0 Å². The average Bonchev–Trinajstić information content (AvgIpc) is 2.58. The highest BCUT2D eigenvalue weighted by atomic mass is 16.6. The predicted octanol–water partition coefficient (Wildman–Crippen LogP) is 1.50. The van der Waals surface area contributed by atoms with Gasteiger partial charge < -0.3 is 20.7 Å². The SMILES string of the molecule is C[C@H](N)C(=O)NC[C@@H]1CCCN(C(=O)OCc2ccccc2)C1. The van der Waals surface area contributed by atoms with E-state index in [9.17, 15) is 9.59 Å². The lowest BCUT2D eigenvalue weighted by Crippen LogP contribution is -2.46. The number of amides is 2. The first-order valence-corrected chi connectivity index (χ1v) is 8.05. The standard InChI is InChI=1S/C17H25N3O3/c1-13(18)16(21)19-10-15-8-5-9-20(11-15)17(22)23-12-14-6-3-2-4-7-14/h2-4,6-7,13,15H,5,8-12,18H2,1H3,(H,19,21)/t13-,15-/m0/s1. The fourth-order valence-corrected chi connectivity index (χ4v) is 2.61. The van der Waals surface area contributed by atoms with Crippen LogP contribution in [-0.2, 0) is 16.1 Å². The molecule has 2 atom stereocenters.